The van der Waals surface area contributed by atoms with Crippen molar-refractivity contribution in [3.63, 3.8) is 0 Å². The van der Waals surface area contributed by atoms with Gasteiger partial charge in [-0.2, -0.15) is 5.26 Å². The number of carbonyl (C=O) groups excluding carboxylic acids is 4. The summed E-state index contributed by atoms with van der Waals surface area (Å²) in [4.78, 5) is 54.3. The number of nitrogens with zero attached hydrogens (tertiary/aromatic N) is 2. The van der Waals surface area contributed by atoms with Gasteiger partial charge >= 0.3 is 17.9 Å². The molecule has 0 radical (unpaired) electrons. The van der Waals surface area contributed by atoms with Crippen LogP contribution >= 0.6 is 11.8 Å². The van der Waals surface area contributed by atoms with Crippen molar-refractivity contribution in [2.24, 2.45) is 0 Å². The van der Waals surface area contributed by atoms with Crippen molar-refractivity contribution in [3.05, 3.63) is 71.4 Å². The lowest BCUT2D eigenvalue weighted by atomic mass is 9.94. The predicted octanol–water partition coefficient (Wildman–Crippen LogP) is 4.43. The van der Waals surface area contributed by atoms with Crippen molar-refractivity contribution in [3.8, 4) is 22.9 Å². The third-order valence-electron chi connectivity index (χ3n) is 6.63. The fraction of sp³-hybridized carbons (Fsp3) is 0.312. The molecule has 45 heavy (non-hydrogen) atoms. The van der Waals surface area contributed by atoms with Crippen LogP contribution in [0, 0.1) is 18.3 Å². The van der Waals surface area contributed by atoms with E-state index >= 15 is 0 Å². The third-order valence-corrected chi connectivity index (χ3v) is 7.78. The lowest BCUT2D eigenvalue weighted by molar-refractivity contribution is -0.213. The number of thioether (sulfide) groups is 1. The summed E-state index contributed by atoms with van der Waals surface area (Å²) in [6, 6.07) is 17.9. The highest BCUT2D eigenvalue weighted by Crippen LogP contribution is 2.40. The number of hydrogen-bond acceptors (Lipinski definition) is 12. The van der Waals surface area contributed by atoms with E-state index in [4.69, 9.17) is 23.7 Å². The Hall–Kier alpha value is -4.93. The molecule has 0 aliphatic carbocycles. The van der Waals surface area contributed by atoms with Crippen molar-refractivity contribution >= 4 is 41.3 Å². The minimum atomic E-state index is -1.24. The van der Waals surface area contributed by atoms with Crippen molar-refractivity contribution < 1.29 is 42.9 Å². The molecule has 1 amide bonds. The molecule has 1 aliphatic heterocycles. The molecule has 0 saturated carbocycles. The SMILES string of the molecule is COc1ccc(-c2c(C#N)c(S[C@@H]3OC[C@@H](OC(C)=O)[C@H](OC(C)=O)[C@H]3OC(C)=O)nc(C)c2C(=O)Nc2ccccc2)cc1. The Morgan fingerprint density at radius 3 is 2.13 bits per heavy atom. The number of rotatable bonds is 9. The fourth-order valence-electron chi connectivity index (χ4n) is 4.83. The molecule has 0 unspecified atom stereocenters. The number of aromatic nitrogens is 1. The molecule has 0 bridgehead atoms. The quantitative estimate of drug-likeness (QED) is 0.261. The van der Waals surface area contributed by atoms with Gasteiger partial charge in [0.2, 0.25) is 0 Å². The first-order chi connectivity index (χ1) is 21.5. The smallest absolute Gasteiger partial charge is 0.303 e. The molecule has 4 atom stereocenters. The van der Waals surface area contributed by atoms with Crippen LogP contribution in [0.15, 0.2) is 59.6 Å². The average Bonchev–Trinajstić information content (AvgIpc) is 2.99. The second kappa shape index (κ2) is 14.7. The molecule has 2 heterocycles. The maximum absolute atomic E-state index is 13.7. The van der Waals surface area contributed by atoms with E-state index in [2.05, 4.69) is 16.4 Å². The van der Waals surface area contributed by atoms with E-state index in [1.54, 1.807) is 55.5 Å². The number of pyridine rings is 1. The minimum absolute atomic E-state index is 0.0605. The number of carbonyl (C=O) groups is 4. The second-order valence-corrected chi connectivity index (χ2v) is 11.0. The summed E-state index contributed by atoms with van der Waals surface area (Å²) in [5.74, 6) is -1.94. The molecule has 3 aromatic rings. The maximum atomic E-state index is 13.7. The van der Waals surface area contributed by atoms with Gasteiger partial charge < -0.3 is 29.0 Å². The number of esters is 3. The van der Waals surface area contributed by atoms with Gasteiger partial charge in [0.25, 0.3) is 5.91 Å². The number of nitrogens with one attached hydrogen (secondary N) is 1. The second-order valence-electron chi connectivity index (χ2n) is 9.90. The lowest BCUT2D eigenvalue weighted by Gasteiger charge is -2.40. The Labute approximate surface area is 264 Å². The summed E-state index contributed by atoms with van der Waals surface area (Å²) in [6.07, 6.45) is -3.50. The van der Waals surface area contributed by atoms with Crippen molar-refractivity contribution in [1.29, 1.82) is 5.26 Å². The van der Waals surface area contributed by atoms with E-state index in [0.29, 0.717) is 28.3 Å². The highest BCUT2D eigenvalue weighted by molar-refractivity contribution is 7.99. The van der Waals surface area contributed by atoms with E-state index in [-0.39, 0.29) is 22.8 Å². The molecule has 0 spiro atoms. The molecular weight excluding hydrogens is 602 g/mol. The predicted molar refractivity (Wildman–Crippen MR) is 162 cm³/mol. The van der Waals surface area contributed by atoms with Crippen molar-refractivity contribution in [2.75, 3.05) is 19.0 Å². The first kappa shape index (κ1) is 33.0. The first-order valence-electron chi connectivity index (χ1n) is 13.8. The maximum Gasteiger partial charge on any atom is 0.303 e. The standard InChI is InChI=1S/C32H31N3O9S/c1-17-26(30(39)35-22-9-7-6-8-10-22)27(21-11-13-23(40-5)14-12-21)24(15-33)31(34-17)45-32-29(44-20(4)38)28(43-19(3)37)25(16-41-32)42-18(2)36/h6-14,25,28-29,32H,16H2,1-5H3,(H,35,39)/t25-,28+,29-,32+/m1/s1. The van der Waals surface area contributed by atoms with Gasteiger partial charge in [-0.15, -0.1) is 0 Å². The van der Waals surface area contributed by atoms with E-state index in [1.165, 1.54) is 27.9 Å². The topological polar surface area (TPSA) is 163 Å². The molecule has 1 fully saturated rings. The summed E-state index contributed by atoms with van der Waals surface area (Å²) in [5, 5.41) is 13.5. The van der Waals surface area contributed by atoms with E-state index < -0.39 is 47.6 Å². The van der Waals surface area contributed by atoms with Gasteiger partial charge in [-0.05, 0) is 36.8 Å². The molecular formula is C32H31N3O9S. The zero-order valence-electron chi connectivity index (χ0n) is 25.2. The van der Waals surface area contributed by atoms with Crippen LogP contribution in [0.1, 0.15) is 42.4 Å². The Balaban J connectivity index is 1.83. The van der Waals surface area contributed by atoms with Gasteiger partial charge in [-0.3, -0.25) is 19.2 Å². The zero-order valence-corrected chi connectivity index (χ0v) is 26.0. The van der Waals surface area contributed by atoms with Crippen LogP contribution in [-0.2, 0) is 33.3 Å². The van der Waals surface area contributed by atoms with Crippen molar-refractivity contribution in [2.45, 2.75) is 56.5 Å². The van der Waals surface area contributed by atoms with Gasteiger partial charge in [0.05, 0.1) is 30.5 Å². The average molecular weight is 634 g/mol. The number of aryl methyl sites for hydroxylation is 1. The van der Waals surface area contributed by atoms with Crippen LogP contribution in [0.5, 0.6) is 5.75 Å². The van der Waals surface area contributed by atoms with Crippen LogP contribution in [-0.4, -0.2) is 66.3 Å². The number of ether oxygens (including phenoxy) is 5. The minimum Gasteiger partial charge on any atom is -0.497 e. The van der Waals surface area contributed by atoms with Gasteiger partial charge in [-0.1, -0.05) is 42.1 Å². The molecule has 1 N–H and O–H groups in total. The molecule has 2 aromatic carbocycles. The molecule has 1 saturated heterocycles. The Morgan fingerprint density at radius 2 is 1.56 bits per heavy atom. The number of amides is 1. The first-order valence-corrected chi connectivity index (χ1v) is 14.7. The molecule has 1 aromatic heterocycles. The highest BCUT2D eigenvalue weighted by atomic mass is 32.2. The Kier molecular flexibility index (Phi) is 10.8. The number of methoxy groups -OCH3 is 1. The summed E-state index contributed by atoms with van der Waals surface area (Å²) in [7, 11) is 1.53. The van der Waals surface area contributed by atoms with Gasteiger partial charge in [0.1, 0.15) is 22.3 Å². The third kappa shape index (κ3) is 7.97. The summed E-state index contributed by atoms with van der Waals surface area (Å²) in [6.45, 7) is 4.98. The van der Waals surface area contributed by atoms with E-state index in [0.717, 1.165) is 11.8 Å². The summed E-state index contributed by atoms with van der Waals surface area (Å²) in [5.41, 5.74) is 0.924. The Bertz CT molecular complexity index is 1620. The number of nitriles is 1. The molecule has 234 valence electrons. The van der Waals surface area contributed by atoms with Crippen LogP contribution in [0.25, 0.3) is 11.1 Å². The molecule has 4 rings (SSSR count). The normalized spacial score (nSPS) is 19.0. The number of benzene rings is 2. The van der Waals surface area contributed by atoms with Gasteiger partial charge in [0, 0.05) is 32.0 Å². The van der Waals surface area contributed by atoms with Gasteiger partial charge in [-0.25, -0.2) is 4.98 Å². The lowest BCUT2D eigenvalue weighted by Crippen LogP contribution is -2.56. The summed E-state index contributed by atoms with van der Waals surface area (Å²) >= 11 is 0.951. The van der Waals surface area contributed by atoms with Crippen LogP contribution in [0.4, 0.5) is 5.69 Å². The number of para-hydroxylation sites is 1. The largest absolute Gasteiger partial charge is 0.497 e. The van der Waals surface area contributed by atoms with Crippen LogP contribution < -0.4 is 10.1 Å². The molecule has 13 heteroatoms. The Morgan fingerprint density at radius 1 is 0.933 bits per heavy atom. The van der Waals surface area contributed by atoms with Crippen LogP contribution in [0.2, 0.25) is 0 Å². The zero-order chi connectivity index (χ0) is 32.7. The number of anilines is 1. The van der Waals surface area contributed by atoms with E-state index in [1.807, 2.05) is 6.07 Å². The van der Waals surface area contributed by atoms with E-state index in [9.17, 15) is 24.4 Å². The van der Waals surface area contributed by atoms with Gasteiger partial charge in [0.15, 0.2) is 18.3 Å². The highest BCUT2D eigenvalue weighted by Gasteiger charge is 2.47. The number of hydrogen-bond donors (Lipinski definition) is 1. The molecule has 1 aliphatic rings. The molecule has 12 nitrogen and oxygen atoms in total. The summed E-state index contributed by atoms with van der Waals surface area (Å²) < 4.78 is 27.5. The fourth-order valence-corrected chi connectivity index (χ4v) is 5.99. The van der Waals surface area contributed by atoms with Crippen LogP contribution in [0.3, 0.4) is 0 Å². The van der Waals surface area contributed by atoms with Crippen molar-refractivity contribution in [1.82, 2.24) is 4.98 Å². The monoisotopic (exact) mass is 633 g/mol.